The summed E-state index contributed by atoms with van der Waals surface area (Å²) in [7, 11) is 1.78. The van der Waals surface area contributed by atoms with Crippen LogP contribution in [0.3, 0.4) is 0 Å². The molecule has 0 aliphatic rings. The lowest BCUT2D eigenvalue weighted by Crippen LogP contribution is -2.42. The van der Waals surface area contributed by atoms with E-state index in [2.05, 4.69) is 52.3 Å². The van der Waals surface area contributed by atoms with E-state index in [1.54, 1.807) is 18.4 Å². The Morgan fingerprint density at radius 1 is 1.15 bits per heavy atom. The average Bonchev–Trinajstić information content (AvgIpc) is 3.19. The number of hydrogen-bond donors (Lipinski definition) is 3. The zero-order valence-corrected chi connectivity index (χ0v) is 17.5. The Balaban J connectivity index is 1.82. The Labute approximate surface area is 166 Å². The minimum absolute atomic E-state index is 0.0458. The zero-order chi connectivity index (χ0) is 19.7. The first-order valence-electron chi connectivity index (χ1n) is 9.32. The van der Waals surface area contributed by atoms with Crippen LogP contribution in [0.4, 0.5) is 5.69 Å². The molecule has 146 valence electrons. The number of aliphatic imine (C=N–C) groups is 1. The molecule has 0 unspecified atom stereocenters. The number of carbonyl (C=O) groups is 1. The molecule has 1 amide bonds. The Kier molecular flexibility index (Phi) is 7.85. The molecule has 2 aromatic rings. The van der Waals surface area contributed by atoms with Gasteiger partial charge in [-0.05, 0) is 35.6 Å². The van der Waals surface area contributed by atoms with E-state index in [0.29, 0.717) is 13.0 Å². The fourth-order valence-electron chi connectivity index (χ4n) is 2.62. The smallest absolute Gasteiger partial charge is 0.224 e. The standard InChI is InChI=1S/C21H30N4OS/c1-5-7-19(26)25-17-11-9-16(10-12-17)14-23-20(22-4)24-15-21(2,3)18-8-6-13-27-18/h6,8-13H,5,7,14-15H2,1-4H3,(H,25,26)(H2,22,23,24). The topological polar surface area (TPSA) is 65.5 Å². The Morgan fingerprint density at radius 3 is 2.48 bits per heavy atom. The highest BCUT2D eigenvalue weighted by Crippen LogP contribution is 2.26. The molecule has 0 radical (unpaired) electrons. The maximum atomic E-state index is 11.6. The van der Waals surface area contributed by atoms with Gasteiger partial charge in [0.05, 0.1) is 0 Å². The number of nitrogens with one attached hydrogen (secondary N) is 3. The molecule has 2 rings (SSSR count). The van der Waals surface area contributed by atoms with Gasteiger partial charge in [0, 0.05) is 42.5 Å². The van der Waals surface area contributed by atoms with Crippen molar-refractivity contribution >= 4 is 28.9 Å². The van der Waals surface area contributed by atoms with Crippen LogP contribution in [0.25, 0.3) is 0 Å². The predicted molar refractivity (Wildman–Crippen MR) is 116 cm³/mol. The SMILES string of the molecule is CCCC(=O)Nc1ccc(CNC(=NC)NCC(C)(C)c2cccs2)cc1. The van der Waals surface area contributed by atoms with Crippen LogP contribution in [0.1, 0.15) is 44.1 Å². The van der Waals surface area contributed by atoms with Gasteiger partial charge >= 0.3 is 0 Å². The summed E-state index contributed by atoms with van der Waals surface area (Å²) >= 11 is 1.78. The normalized spacial score (nSPS) is 11.9. The van der Waals surface area contributed by atoms with Crippen LogP contribution in [-0.4, -0.2) is 25.5 Å². The summed E-state index contributed by atoms with van der Waals surface area (Å²) < 4.78 is 0. The van der Waals surface area contributed by atoms with Crippen molar-refractivity contribution in [3.63, 3.8) is 0 Å². The molecule has 6 heteroatoms. The Bertz CT molecular complexity index is 736. The van der Waals surface area contributed by atoms with Gasteiger partial charge in [0.25, 0.3) is 0 Å². The van der Waals surface area contributed by atoms with Crippen molar-refractivity contribution in [2.45, 2.75) is 45.6 Å². The maximum Gasteiger partial charge on any atom is 0.224 e. The number of thiophene rings is 1. The van der Waals surface area contributed by atoms with Gasteiger partial charge in [-0.3, -0.25) is 9.79 Å². The highest BCUT2D eigenvalue weighted by atomic mass is 32.1. The lowest BCUT2D eigenvalue weighted by molar-refractivity contribution is -0.116. The third-order valence-corrected chi connectivity index (χ3v) is 5.52. The number of nitrogens with zero attached hydrogens (tertiary/aromatic N) is 1. The summed E-state index contributed by atoms with van der Waals surface area (Å²) in [5.74, 6) is 0.835. The van der Waals surface area contributed by atoms with Gasteiger partial charge in [-0.25, -0.2) is 0 Å². The van der Waals surface area contributed by atoms with Gasteiger partial charge in [-0.2, -0.15) is 0 Å². The van der Waals surface area contributed by atoms with Crippen molar-refractivity contribution in [1.29, 1.82) is 0 Å². The molecule has 0 saturated carbocycles. The molecule has 0 fully saturated rings. The van der Waals surface area contributed by atoms with Crippen LogP contribution in [-0.2, 0) is 16.8 Å². The molecule has 0 saturated heterocycles. The highest BCUT2D eigenvalue weighted by molar-refractivity contribution is 7.10. The van der Waals surface area contributed by atoms with Crippen LogP contribution in [0.5, 0.6) is 0 Å². The van der Waals surface area contributed by atoms with Gasteiger partial charge in [-0.15, -0.1) is 11.3 Å². The van der Waals surface area contributed by atoms with Crippen LogP contribution < -0.4 is 16.0 Å². The van der Waals surface area contributed by atoms with Gasteiger partial charge in [0.15, 0.2) is 5.96 Å². The van der Waals surface area contributed by atoms with Crippen molar-refractivity contribution in [3.05, 3.63) is 52.2 Å². The number of rotatable bonds is 8. The van der Waals surface area contributed by atoms with E-state index >= 15 is 0 Å². The molecule has 0 aliphatic heterocycles. The van der Waals surface area contributed by atoms with Crippen molar-refractivity contribution < 1.29 is 4.79 Å². The molecule has 0 bridgehead atoms. The molecule has 3 N–H and O–H groups in total. The summed E-state index contributed by atoms with van der Waals surface area (Å²) in [6.45, 7) is 7.92. The first-order valence-corrected chi connectivity index (χ1v) is 10.2. The summed E-state index contributed by atoms with van der Waals surface area (Å²) in [5, 5.41) is 11.8. The molecule has 0 spiro atoms. The third kappa shape index (κ3) is 6.71. The Morgan fingerprint density at radius 2 is 1.89 bits per heavy atom. The van der Waals surface area contributed by atoms with Crippen LogP contribution in [0.15, 0.2) is 46.8 Å². The molecule has 1 aromatic heterocycles. The molecule has 27 heavy (non-hydrogen) atoms. The van der Waals surface area contributed by atoms with Crippen molar-refractivity contribution in [3.8, 4) is 0 Å². The minimum atomic E-state index is 0.0458. The summed E-state index contributed by atoms with van der Waals surface area (Å²) in [6.07, 6.45) is 1.40. The number of guanidine groups is 1. The third-order valence-electron chi connectivity index (χ3n) is 4.28. The minimum Gasteiger partial charge on any atom is -0.356 e. The molecule has 0 aliphatic carbocycles. The van der Waals surface area contributed by atoms with Crippen molar-refractivity contribution in [2.24, 2.45) is 4.99 Å². The molecule has 5 nitrogen and oxygen atoms in total. The second kappa shape index (κ2) is 10.1. The average molecular weight is 387 g/mol. The first kappa shape index (κ1) is 21.0. The predicted octanol–water partition coefficient (Wildman–Crippen LogP) is 4.13. The van der Waals surface area contributed by atoms with Gasteiger partial charge in [0.1, 0.15) is 0 Å². The fraction of sp³-hybridized carbons (Fsp3) is 0.429. The number of benzene rings is 1. The molecular formula is C21H30N4OS. The number of hydrogen-bond acceptors (Lipinski definition) is 3. The summed E-state index contributed by atoms with van der Waals surface area (Å²) in [4.78, 5) is 17.3. The van der Waals surface area contributed by atoms with Gasteiger partial charge < -0.3 is 16.0 Å². The molecular weight excluding hydrogens is 356 g/mol. The second-order valence-electron chi connectivity index (χ2n) is 7.14. The monoisotopic (exact) mass is 386 g/mol. The number of carbonyl (C=O) groups excluding carboxylic acids is 1. The van der Waals surface area contributed by atoms with E-state index in [9.17, 15) is 4.79 Å². The largest absolute Gasteiger partial charge is 0.356 e. The van der Waals surface area contributed by atoms with Gasteiger partial charge in [0.2, 0.25) is 5.91 Å². The highest BCUT2D eigenvalue weighted by Gasteiger charge is 2.21. The van der Waals surface area contributed by atoms with Crippen molar-refractivity contribution in [1.82, 2.24) is 10.6 Å². The lowest BCUT2D eigenvalue weighted by atomic mass is 9.91. The number of amides is 1. The van der Waals surface area contributed by atoms with Crippen LogP contribution in [0.2, 0.25) is 0 Å². The zero-order valence-electron chi connectivity index (χ0n) is 16.6. The lowest BCUT2D eigenvalue weighted by Gasteiger charge is -2.25. The van der Waals surface area contributed by atoms with Crippen LogP contribution >= 0.6 is 11.3 Å². The second-order valence-corrected chi connectivity index (χ2v) is 8.08. The van der Waals surface area contributed by atoms with E-state index in [1.807, 2.05) is 31.2 Å². The van der Waals surface area contributed by atoms with E-state index < -0.39 is 0 Å². The van der Waals surface area contributed by atoms with E-state index in [4.69, 9.17) is 0 Å². The molecule has 1 aromatic carbocycles. The summed E-state index contributed by atoms with van der Waals surface area (Å²) in [6, 6.07) is 12.1. The van der Waals surface area contributed by atoms with Crippen molar-refractivity contribution in [2.75, 3.05) is 18.9 Å². The number of anilines is 1. The molecule has 0 atom stereocenters. The van der Waals surface area contributed by atoms with E-state index in [0.717, 1.165) is 30.2 Å². The first-order chi connectivity index (χ1) is 12.9. The van der Waals surface area contributed by atoms with Gasteiger partial charge in [-0.1, -0.05) is 39.0 Å². The maximum absolute atomic E-state index is 11.6. The summed E-state index contributed by atoms with van der Waals surface area (Å²) in [5.41, 5.74) is 2.01. The Hall–Kier alpha value is -2.34. The molecule has 1 heterocycles. The van der Waals surface area contributed by atoms with E-state index in [1.165, 1.54) is 4.88 Å². The van der Waals surface area contributed by atoms with E-state index in [-0.39, 0.29) is 11.3 Å². The quantitative estimate of drug-likeness (QED) is 0.472. The fourth-order valence-corrected chi connectivity index (χ4v) is 3.47. The van der Waals surface area contributed by atoms with Crippen LogP contribution in [0, 0.1) is 0 Å².